The van der Waals surface area contributed by atoms with Crippen LogP contribution in [0.15, 0.2) is 52.1 Å². The highest BCUT2D eigenvalue weighted by atomic mass is 32.2. The summed E-state index contributed by atoms with van der Waals surface area (Å²) in [5, 5.41) is 7.72. The van der Waals surface area contributed by atoms with Crippen LogP contribution in [0.25, 0.3) is 0 Å². The van der Waals surface area contributed by atoms with Crippen molar-refractivity contribution in [2.24, 2.45) is 0 Å². The highest BCUT2D eigenvalue weighted by Gasteiger charge is 2.18. The smallest absolute Gasteiger partial charge is 0.254 e. The highest BCUT2D eigenvalue weighted by molar-refractivity contribution is 7.98. The van der Waals surface area contributed by atoms with Crippen LogP contribution in [0, 0.1) is 13.8 Å². The minimum absolute atomic E-state index is 0.159. The topological polar surface area (TPSA) is 77.2 Å². The lowest BCUT2D eigenvalue weighted by molar-refractivity contribution is 0.0936. The van der Waals surface area contributed by atoms with Crippen LogP contribution in [0.3, 0.4) is 0 Å². The Morgan fingerprint density at radius 2 is 2.10 bits per heavy atom. The molecule has 0 saturated carbocycles. The van der Waals surface area contributed by atoms with Crippen molar-refractivity contribution in [3.8, 4) is 5.75 Å². The molecule has 1 aromatic carbocycles. The number of ether oxygens (including phenoxy) is 1. The van der Waals surface area contributed by atoms with E-state index in [1.54, 1.807) is 18.3 Å². The molecule has 7 heteroatoms. The van der Waals surface area contributed by atoms with Gasteiger partial charge in [0.15, 0.2) is 0 Å². The van der Waals surface area contributed by atoms with Crippen molar-refractivity contribution in [1.82, 2.24) is 15.5 Å². The van der Waals surface area contributed by atoms with Gasteiger partial charge in [0.25, 0.3) is 5.91 Å². The number of thioether (sulfide) groups is 1. The molecule has 3 aromatic rings. The van der Waals surface area contributed by atoms with Crippen LogP contribution in [-0.2, 0) is 5.75 Å². The van der Waals surface area contributed by atoms with Crippen LogP contribution in [0.5, 0.6) is 5.75 Å². The Morgan fingerprint density at radius 1 is 1.28 bits per heavy atom. The minimum Gasteiger partial charge on any atom is -0.494 e. The van der Waals surface area contributed by atoms with Gasteiger partial charge in [-0.3, -0.25) is 4.79 Å². The van der Waals surface area contributed by atoms with Crippen molar-refractivity contribution in [2.45, 2.75) is 44.5 Å². The molecule has 2 aromatic heterocycles. The Balaban J connectivity index is 1.72. The molecular formula is C22H25N3O3S. The SMILES string of the molecule is CCOc1cccc(C(C)NC(=O)c2cccnc2SCc2c(C)noc2C)c1. The largest absolute Gasteiger partial charge is 0.494 e. The van der Waals surface area contributed by atoms with Crippen molar-refractivity contribution in [3.63, 3.8) is 0 Å². The van der Waals surface area contributed by atoms with Gasteiger partial charge in [0, 0.05) is 17.5 Å². The number of hydrogen-bond donors (Lipinski definition) is 1. The van der Waals surface area contributed by atoms with Crippen LogP contribution in [0.2, 0.25) is 0 Å². The average Bonchev–Trinajstić information content (AvgIpc) is 3.04. The second-order valence-electron chi connectivity index (χ2n) is 6.65. The predicted molar refractivity (Wildman–Crippen MR) is 113 cm³/mol. The maximum atomic E-state index is 12.9. The summed E-state index contributed by atoms with van der Waals surface area (Å²) in [4.78, 5) is 17.3. The molecule has 1 amide bonds. The number of aryl methyl sites for hydroxylation is 2. The van der Waals surface area contributed by atoms with Crippen LogP contribution >= 0.6 is 11.8 Å². The van der Waals surface area contributed by atoms with Gasteiger partial charge in [0.05, 0.1) is 23.9 Å². The predicted octanol–water partition coefficient (Wildman–Crippen LogP) is 4.87. The number of nitrogens with one attached hydrogen (secondary N) is 1. The van der Waals surface area contributed by atoms with Gasteiger partial charge in [-0.05, 0) is 57.5 Å². The van der Waals surface area contributed by atoms with E-state index in [0.717, 1.165) is 28.3 Å². The van der Waals surface area contributed by atoms with Gasteiger partial charge in [-0.2, -0.15) is 0 Å². The first kappa shape index (κ1) is 20.9. The Hall–Kier alpha value is -2.80. The zero-order chi connectivity index (χ0) is 20.8. The Bertz CT molecular complexity index is 967. The molecule has 0 aliphatic rings. The van der Waals surface area contributed by atoms with Crippen molar-refractivity contribution < 1.29 is 14.1 Å². The number of aromatic nitrogens is 2. The second-order valence-corrected chi connectivity index (χ2v) is 7.61. The fraction of sp³-hybridized carbons (Fsp3) is 0.318. The van der Waals surface area contributed by atoms with Gasteiger partial charge in [0.2, 0.25) is 0 Å². The molecule has 2 heterocycles. The van der Waals surface area contributed by atoms with E-state index < -0.39 is 0 Å². The molecule has 29 heavy (non-hydrogen) atoms. The number of carbonyl (C=O) groups excluding carboxylic acids is 1. The van der Waals surface area contributed by atoms with Crippen LogP contribution < -0.4 is 10.1 Å². The van der Waals surface area contributed by atoms with Gasteiger partial charge in [-0.15, -0.1) is 11.8 Å². The molecule has 0 spiro atoms. The standard InChI is InChI=1S/C22H25N3O3S/c1-5-27-18-9-6-8-17(12-18)14(2)24-21(26)19-10-7-11-23-22(19)29-13-20-15(3)25-28-16(20)4/h6-12,14H,5,13H2,1-4H3,(H,24,26). The van der Waals surface area contributed by atoms with E-state index in [4.69, 9.17) is 9.26 Å². The molecule has 152 valence electrons. The maximum absolute atomic E-state index is 12.9. The summed E-state index contributed by atoms with van der Waals surface area (Å²) in [6.45, 7) is 8.31. The van der Waals surface area contributed by atoms with Crippen molar-refractivity contribution in [1.29, 1.82) is 0 Å². The quantitative estimate of drug-likeness (QED) is 0.533. The third-order valence-electron chi connectivity index (χ3n) is 4.57. The zero-order valence-corrected chi connectivity index (χ0v) is 17.9. The summed E-state index contributed by atoms with van der Waals surface area (Å²) in [6, 6.07) is 11.2. The van der Waals surface area contributed by atoms with E-state index in [0.29, 0.717) is 22.9 Å². The summed E-state index contributed by atoms with van der Waals surface area (Å²) in [7, 11) is 0. The average molecular weight is 412 g/mol. The minimum atomic E-state index is -0.163. The summed E-state index contributed by atoms with van der Waals surface area (Å²) >= 11 is 1.50. The molecule has 1 atom stereocenters. The molecule has 0 aliphatic heterocycles. The number of pyridine rings is 1. The van der Waals surface area contributed by atoms with E-state index in [1.807, 2.05) is 52.0 Å². The van der Waals surface area contributed by atoms with E-state index in [9.17, 15) is 4.79 Å². The number of amides is 1. The summed E-state index contributed by atoms with van der Waals surface area (Å²) < 4.78 is 10.8. The van der Waals surface area contributed by atoms with E-state index in [1.165, 1.54) is 11.8 Å². The van der Waals surface area contributed by atoms with Gasteiger partial charge < -0.3 is 14.6 Å². The number of carbonyl (C=O) groups is 1. The van der Waals surface area contributed by atoms with Gasteiger partial charge in [-0.1, -0.05) is 17.3 Å². The third-order valence-corrected chi connectivity index (χ3v) is 5.60. The Labute approximate surface area is 175 Å². The lowest BCUT2D eigenvalue weighted by atomic mass is 10.1. The normalized spacial score (nSPS) is 11.9. The number of rotatable bonds is 8. The van der Waals surface area contributed by atoms with Gasteiger partial charge in [0.1, 0.15) is 16.5 Å². The van der Waals surface area contributed by atoms with Crippen LogP contribution in [-0.4, -0.2) is 22.7 Å². The van der Waals surface area contributed by atoms with Gasteiger partial charge >= 0.3 is 0 Å². The van der Waals surface area contributed by atoms with E-state index in [-0.39, 0.29) is 11.9 Å². The molecule has 0 aliphatic carbocycles. The molecule has 0 fully saturated rings. The Morgan fingerprint density at radius 3 is 2.83 bits per heavy atom. The lowest BCUT2D eigenvalue weighted by Gasteiger charge is -2.16. The number of benzene rings is 1. The monoisotopic (exact) mass is 411 g/mol. The molecule has 3 rings (SSSR count). The fourth-order valence-corrected chi connectivity index (χ4v) is 4.07. The summed E-state index contributed by atoms with van der Waals surface area (Å²) in [5.41, 5.74) is 3.43. The number of hydrogen-bond acceptors (Lipinski definition) is 6. The molecule has 6 nitrogen and oxygen atoms in total. The van der Waals surface area contributed by atoms with Crippen LogP contribution in [0.1, 0.15) is 52.8 Å². The first-order chi connectivity index (χ1) is 14.0. The first-order valence-corrected chi connectivity index (χ1v) is 10.5. The van der Waals surface area contributed by atoms with E-state index in [2.05, 4.69) is 15.5 Å². The Kier molecular flexibility index (Phi) is 6.93. The molecule has 0 radical (unpaired) electrons. The third kappa shape index (κ3) is 5.17. The molecule has 0 saturated heterocycles. The molecular weight excluding hydrogens is 386 g/mol. The fourth-order valence-electron chi connectivity index (χ4n) is 2.93. The van der Waals surface area contributed by atoms with Gasteiger partial charge in [-0.25, -0.2) is 4.98 Å². The summed E-state index contributed by atoms with van der Waals surface area (Å²) in [6.07, 6.45) is 1.70. The maximum Gasteiger partial charge on any atom is 0.254 e. The molecule has 1 unspecified atom stereocenters. The first-order valence-electron chi connectivity index (χ1n) is 9.52. The van der Waals surface area contributed by atoms with Crippen molar-refractivity contribution >= 4 is 17.7 Å². The second kappa shape index (κ2) is 9.60. The molecule has 0 bridgehead atoms. The lowest BCUT2D eigenvalue weighted by Crippen LogP contribution is -2.27. The summed E-state index contributed by atoms with van der Waals surface area (Å²) in [5.74, 6) is 2.07. The van der Waals surface area contributed by atoms with E-state index >= 15 is 0 Å². The van der Waals surface area contributed by atoms with Crippen LogP contribution in [0.4, 0.5) is 0 Å². The number of nitrogens with zero attached hydrogens (tertiary/aromatic N) is 2. The van der Waals surface area contributed by atoms with Crippen molar-refractivity contribution in [3.05, 3.63) is 70.7 Å². The van der Waals surface area contributed by atoms with Crippen molar-refractivity contribution in [2.75, 3.05) is 6.61 Å². The highest BCUT2D eigenvalue weighted by Crippen LogP contribution is 2.28. The molecule has 1 N–H and O–H groups in total. The zero-order valence-electron chi connectivity index (χ0n) is 17.1.